The third kappa shape index (κ3) is 2.85. The first kappa shape index (κ1) is 15.0. The molecule has 0 atom stereocenters. The Hall–Kier alpha value is -1.43. The Kier molecular flexibility index (Phi) is 3.86. The Morgan fingerprint density at radius 2 is 2.00 bits per heavy atom. The molecule has 1 amide bonds. The number of amides is 1. The first-order chi connectivity index (χ1) is 9.23. The quantitative estimate of drug-likeness (QED) is 0.829. The molecular formula is C14H18FNO3S. The van der Waals surface area contributed by atoms with Crippen molar-refractivity contribution in [1.82, 2.24) is 4.90 Å². The number of carbonyl (C=O) groups is 1. The number of halogens is 1. The fourth-order valence-electron chi connectivity index (χ4n) is 2.27. The molecule has 4 nitrogen and oxygen atoms in total. The van der Waals surface area contributed by atoms with E-state index in [9.17, 15) is 17.6 Å². The number of benzene rings is 1. The molecule has 1 fully saturated rings. The molecule has 1 saturated heterocycles. The van der Waals surface area contributed by atoms with E-state index in [-0.39, 0.29) is 31.2 Å². The molecule has 1 heterocycles. The Labute approximate surface area is 118 Å². The third-order valence-electron chi connectivity index (χ3n) is 3.70. The van der Waals surface area contributed by atoms with Crippen molar-refractivity contribution >= 4 is 15.7 Å². The highest BCUT2D eigenvalue weighted by atomic mass is 32.2. The van der Waals surface area contributed by atoms with Crippen LogP contribution in [-0.2, 0) is 21.1 Å². The predicted molar refractivity (Wildman–Crippen MR) is 74.5 cm³/mol. The van der Waals surface area contributed by atoms with Gasteiger partial charge in [-0.25, -0.2) is 12.8 Å². The number of sulfone groups is 1. The van der Waals surface area contributed by atoms with Gasteiger partial charge in [0.15, 0.2) is 9.84 Å². The van der Waals surface area contributed by atoms with Crippen molar-refractivity contribution < 1.29 is 17.6 Å². The van der Waals surface area contributed by atoms with Crippen molar-refractivity contribution in [2.75, 3.05) is 18.8 Å². The van der Waals surface area contributed by atoms with Crippen LogP contribution in [-0.4, -0.2) is 42.8 Å². The molecule has 0 bridgehead atoms. The van der Waals surface area contributed by atoms with Crippen LogP contribution in [0, 0.1) is 5.82 Å². The molecule has 0 radical (unpaired) electrons. The summed E-state index contributed by atoms with van der Waals surface area (Å²) < 4.78 is 36.3. The zero-order chi connectivity index (χ0) is 15.0. The van der Waals surface area contributed by atoms with E-state index in [0.29, 0.717) is 5.56 Å². The summed E-state index contributed by atoms with van der Waals surface area (Å²) in [4.78, 5) is 13.7. The first-order valence-electron chi connectivity index (χ1n) is 6.46. The lowest BCUT2D eigenvalue weighted by Gasteiger charge is -2.37. The maximum atomic E-state index is 13.5. The van der Waals surface area contributed by atoms with Crippen LogP contribution in [0.4, 0.5) is 4.39 Å². The molecule has 20 heavy (non-hydrogen) atoms. The summed E-state index contributed by atoms with van der Waals surface area (Å²) in [5, 5.41) is 0. The summed E-state index contributed by atoms with van der Waals surface area (Å²) in [6.45, 7) is 3.57. The van der Waals surface area contributed by atoms with Crippen LogP contribution in [0.5, 0.6) is 0 Å². The van der Waals surface area contributed by atoms with Crippen molar-refractivity contribution in [3.63, 3.8) is 0 Å². The molecule has 1 aromatic rings. The second-order valence-electron chi connectivity index (χ2n) is 5.66. The zero-order valence-corrected chi connectivity index (χ0v) is 12.4. The normalized spacial score (nSPS) is 20.6. The monoisotopic (exact) mass is 299 g/mol. The summed E-state index contributed by atoms with van der Waals surface area (Å²) in [6.07, 6.45) is -0.0389. The molecule has 0 unspecified atom stereocenters. The van der Waals surface area contributed by atoms with Gasteiger partial charge in [-0.2, -0.15) is 0 Å². The standard InChI is InChI=1S/C14H18FNO3S/c1-14(2)10-16(7-8-20(14,18)19)13(17)9-11-5-3-4-6-12(11)15/h3-6H,7-10H2,1-2H3. The molecule has 0 aliphatic carbocycles. The highest BCUT2D eigenvalue weighted by molar-refractivity contribution is 7.92. The van der Waals surface area contributed by atoms with Crippen LogP contribution in [0.3, 0.4) is 0 Å². The predicted octanol–water partition coefficient (Wildman–Crippen LogP) is 1.40. The summed E-state index contributed by atoms with van der Waals surface area (Å²) in [5.41, 5.74) is 0.337. The van der Waals surface area contributed by atoms with Crippen molar-refractivity contribution in [1.29, 1.82) is 0 Å². The fourth-order valence-corrected chi connectivity index (χ4v) is 3.64. The van der Waals surface area contributed by atoms with Gasteiger partial charge in [0.1, 0.15) is 5.82 Å². The highest BCUT2D eigenvalue weighted by Crippen LogP contribution is 2.24. The van der Waals surface area contributed by atoms with Gasteiger partial charge in [0.2, 0.25) is 5.91 Å². The van der Waals surface area contributed by atoms with Gasteiger partial charge in [-0.1, -0.05) is 18.2 Å². The van der Waals surface area contributed by atoms with Gasteiger partial charge in [-0.15, -0.1) is 0 Å². The first-order valence-corrected chi connectivity index (χ1v) is 8.12. The third-order valence-corrected chi connectivity index (χ3v) is 6.23. The van der Waals surface area contributed by atoms with E-state index in [1.807, 2.05) is 0 Å². The van der Waals surface area contributed by atoms with Crippen LogP contribution in [0.1, 0.15) is 19.4 Å². The van der Waals surface area contributed by atoms with Gasteiger partial charge in [0, 0.05) is 13.1 Å². The van der Waals surface area contributed by atoms with Crippen molar-refractivity contribution in [2.24, 2.45) is 0 Å². The smallest absolute Gasteiger partial charge is 0.227 e. The minimum atomic E-state index is -3.18. The summed E-state index contributed by atoms with van der Waals surface area (Å²) in [5.74, 6) is -0.689. The maximum absolute atomic E-state index is 13.5. The van der Waals surface area contributed by atoms with E-state index in [0.717, 1.165) is 0 Å². The highest BCUT2D eigenvalue weighted by Gasteiger charge is 2.41. The van der Waals surface area contributed by atoms with Gasteiger partial charge < -0.3 is 4.90 Å². The van der Waals surface area contributed by atoms with Crippen LogP contribution in [0.2, 0.25) is 0 Å². The minimum absolute atomic E-state index is 0.0387. The van der Waals surface area contributed by atoms with Crippen LogP contribution >= 0.6 is 0 Å². The Balaban J connectivity index is 2.10. The van der Waals surface area contributed by atoms with E-state index < -0.39 is 20.4 Å². The Morgan fingerprint density at radius 3 is 2.60 bits per heavy atom. The lowest BCUT2D eigenvalue weighted by molar-refractivity contribution is -0.130. The molecule has 1 aliphatic heterocycles. The average Bonchev–Trinajstić information content (AvgIpc) is 2.35. The molecule has 6 heteroatoms. The number of hydrogen-bond acceptors (Lipinski definition) is 3. The lowest BCUT2D eigenvalue weighted by Crippen LogP contribution is -2.54. The lowest BCUT2D eigenvalue weighted by atomic mass is 10.1. The second kappa shape index (κ2) is 5.16. The van der Waals surface area contributed by atoms with Crippen molar-refractivity contribution in [2.45, 2.75) is 25.0 Å². The Bertz CT molecular complexity index is 625. The largest absolute Gasteiger partial charge is 0.340 e. The number of hydrogen-bond donors (Lipinski definition) is 0. The van der Waals surface area contributed by atoms with Crippen LogP contribution in [0.15, 0.2) is 24.3 Å². The van der Waals surface area contributed by atoms with E-state index in [1.165, 1.54) is 11.0 Å². The topological polar surface area (TPSA) is 54.5 Å². The van der Waals surface area contributed by atoms with Gasteiger partial charge in [-0.3, -0.25) is 4.79 Å². The molecule has 0 N–H and O–H groups in total. The van der Waals surface area contributed by atoms with Crippen LogP contribution < -0.4 is 0 Å². The molecule has 0 spiro atoms. The van der Waals surface area contributed by atoms with Gasteiger partial charge in [0.05, 0.1) is 16.9 Å². The van der Waals surface area contributed by atoms with Gasteiger partial charge in [-0.05, 0) is 25.5 Å². The number of carbonyl (C=O) groups excluding carboxylic acids is 1. The second-order valence-corrected chi connectivity index (χ2v) is 8.40. The molecule has 1 aromatic carbocycles. The average molecular weight is 299 g/mol. The van der Waals surface area contributed by atoms with Crippen molar-refractivity contribution in [3.8, 4) is 0 Å². The number of nitrogens with zero attached hydrogens (tertiary/aromatic N) is 1. The van der Waals surface area contributed by atoms with E-state index >= 15 is 0 Å². The van der Waals surface area contributed by atoms with E-state index in [1.54, 1.807) is 32.0 Å². The van der Waals surface area contributed by atoms with Gasteiger partial charge in [0.25, 0.3) is 0 Å². The molecule has 0 saturated carbocycles. The van der Waals surface area contributed by atoms with E-state index in [4.69, 9.17) is 0 Å². The molecular weight excluding hydrogens is 281 g/mol. The number of rotatable bonds is 2. The van der Waals surface area contributed by atoms with Gasteiger partial charge >= 0.3 is 0 Å². The zero-order valence-electron chi connectivity index (χ0n) is 11.6. The molecule has 0 aromatic heterocycles. The minimum Gasteiger partial charge on any atom is -0.340 e. The summed E-state index contributed by atoms with van der Waals surface area (Å²) in [7, 11) is -3.18. The van der Waals surface area contributed by atoms with Crippen LogP contribution in [0.25, 0.3) is 0 Å². The Morgan fingerprint density at radius 1 is 1.35 bits per heavy atom. The van der Waals surface area contributed by atoms with E-state index in [2.05, 4.69) is 0 Å². The summed E-state index contributed by atoms with van der Waals surface area (Å²) in [6, 6.07) is 6.13. The molecule has 1 aliphatic rings. The molecule has 110 valence electrons. The maximum Gasteiger partial charge on any atom is 0.227 e. The summed E-state index contributed by atoms with van der Waals surface area (Å²) >= 11 is 0. The van der Waals surface area contributed by atoms with Crippen molar-refractivity contribution in [3.05, 3.63) is 35.6 Å². The molecule has 2 rings (SSSR count). The SMILES string of the molecule is CC1(C)CN(C(=O)Cc2ccccc2F)CCS1(=O)=O. The fraction of sp³-hybridized carbons (Fsp3) is 0.500.